The number of rotatable bonds is 7. The van der Waals surface area contributed by atoms with Crippen molar-refractivity contribution in [2.45, 2.75) is 45.8 Å². The van der Waals surface area contributed by atoms with Gasteiger partial charge in [0.2, 0.25) is 0 Å². The van der Waals surface area contributed by atoms with Crippen molar-refractivity contribution in [2.24, 2.45) is 7.05 Å². The van der Waals surface area contributed by atoms with Crippen LogP contribution in [0.5, 0.6) is 0 Å². The van der Waals surface area contributed by atoms with Gasteiger partial charge in [0.15, 0.2) is 0 Å². The van der Waals surface area contributed by atoms with Crippen molar-refractivity contribution in [1.82, 2.24) is 14.9 Å². The standard InChI is InChI=1S/C18H21F2N5O2.C7H5F3.C2H6/c1-11(24-16(26)18(2,19)20)8-22-15-5-4-12(6-13(15)7-21)14-9-23-17(27)25(3)10-14;8-7(9,10)6-4-2-1-3-5-6;1-2/h4-7,9-11,21-22H,8H2,1-3H3,(H,24,26);1-5H;1-2H3. The van der Waals surface area contributed by atoms with Gasteiger partial charge in [0.1, 0.15) is 0 Å². The second kappa shape index (κ2) is 14.7. The van der Waals surface area contributed by atoms with E-state index in [4.69, 9.17) is 5.41 Å². The molecule has 1 atom stereocenters. The van der Waals surface area contributed by atoms with Gasteiger partial charge in [0, 0.05) is 62.0 Å². The molecule has 7 nitrogen and oxygen atoms in total. The molecule has 1 unspecified atom stereocenters. The summed E-state index contributed by atoms with van der Waals surface area (Å²) >= 11 is 0. The van der Waals surface area contributed by atoms with Gasteiger partial charge in [0.05, 0.1) is 5.56 Å². The van der Waals surface area contributed by atoms with E-state index in [0.717, 1.165) is 29.5 Å². The number of alkyl halides is 5. The zero-order valence-electron chi connectivity index (χ0n) is 22.2. The SMILES string of the molecule is CC.CC(CNc1ccc(-c2cnc(=O)n(C)c2)cc1C=N)NC(=O)C(C)(F)F.FC(F)(F)c1ccccc1. The van der Waals surface area contributed by atoms with Crippen LogP contribution in [0.1, 0.15) is 38.8 Å². The summed E-state index contributed by atoms with van der Waals surface area (Å²) in [5, 5.41) is 12.9. The summed E-state index contributed by atoms with van der Waals surface area (Å²) in [6.45, 7) is 6.36. The lowest BCUT2D eigenvalue weighted by molar-refractivity contribution is -0.143. The maximum absolute atomic E-state index is 12.9. The van der Waals surface area contributed by atoms with Gasteiger partial charge in [-0.05, 0) is 24.6 Å². The predicted molar refractivity (Wildman–Crippen MR) is 142 cm³/mol. The van der Waals surface area contributed by atoms with Crippen LogP contribution < -0.4 is 16.3 Å². The predicted octanol–water partition coefficient (Wildman–Crippen LogP) is 5.75. The Kier molecular flexibility index (Phi) is 12.5. The molecule has 3 N–H and O–H groups in total. The molecule has 2 aromatic carbocycles. The Morgan fingerprint density at radius 2 is 1.69 bits per heavy atom. The number of nitrogens with zero attached hydrogens (tertiary/aromatic N) is 2. The molecule has 3 rings (SSSR count). The van der Waals surface area contributed by atoms with E-state index < -0.39 is 29.6 Å². The van der Waals surface area contributed by atoms with Crippen LogP contribution in [0.2, 0.25) is 0 Å². The second-order valence-corrected chi connectivity index (χ2v) is 8.19. The van der Waals surface area contributed by atoms with Crippen LogP contribution in [0.25, 0.3) is 11.1 Å². The highest BCUT2D eigenvalue weighted by Crippen LogP contribution is 2.28. The summed E-state index contributed by atoms with van der Waals surface area (Å²) in [6, 6.07) is 11.1. The van der Waals surface area contributed by atoms with Crippen LogP contribution in [0.15, 0.2) is 65.7 Å². The van der Waals surface area contributed by atoms with Gasteiger partial charge in [-0.1, -0.05) is 50.2 Å². The summed E-state index contributed by atoms with van der Waals surface area (Å²) in [5.74, 6) is -4.76. The molecule has 39 heavy (non-hydrogen) atoms. The van der Waals surface area contributed by atoms with Crippen LogP contribution in [0.3, 0.4) is 0 Å². The number of nitrogens with one attached hydrogen (secondary N) is 3. The van der Waals surface area contributed by atoms with E-state index in [-0.39, 0.29) is 12.2 Å². The lowest BCUT2D eigenvalue weighted by atomic mass is 10.0. The van der Waals surface area contributed by atoms with Gasteiger partial charge in [0.25, 0.3) is 5.91 Å². The second-order valence-electron chi connectivity index (χ2n) is 8.19. The van der Waals surface area contributed by atoms with E-state index >= 15 is 0 Å². The monoisotopic (exact) mass is 553 g/mol. The molecule has 0 aliphatic heterocycles. The van der Waals surface area contributed by atoms with Crippen LogP contribution in [-0.4, -0.2) is 40.2 Å². The third-order valence-corrected chi connectivity index (χ3v) is 4.96. The molecular formula is C27H32F5N5O2. The van der Waals surface area contributed by atoms with E-state index in [1.54, 1.807) is 44.4 Å². The summed E-state index contributed by atoms with van der Waals surface area (Å²) < 4.78 is 62.6. The highest BCUT2D eigenvalue weighted by Gasteiger charge is 2.32. The number of carbonyl (C=O) groups excluding carboxylic acids is 1. The van der Waals surface area contributed by atoms with E-state index in [1.165, 1.54) is 22.9 Å². The van der Waals surface area contributed by atoms with Gasteiger partial charge in [-0.3, -0.25) is 4.79 Å². The topological polar surface area (TPSA) is 99.9 Å². The molecule has 0 aliphatic carbocycles. The molecule has 0 aliphatic rings. The average Bonchev–Trinajstić information content (AvgIpc) is 2.90. The number of hydrogen-bond donors (Lipinski definition) is 3. The zero-order chi connectivity index (χ0) is 29.8. The summed E-state index contributed by atoms with van der Waals surface area (Å²) in [4.78, 5) is 26.5. The van der Waals surface area contributed by atoms with Crippen molar-refractivity contribution in [3.8, 4) is 11.1 Å². The number of benzene rings is 2. The van der Waals surface area contributed by atoms with Gasteiger partial charge in [-0.25, -0.2) is 9.78 Å². The minimum absolute atomic E-state index is 0.212. The minimum Gasteiger partial charge on any atom is -0.382 e. The third-order valence-electron chi connectivity index (χ3n) is 4.96. The van der Waals surface area contributed by atoms with E-state index in [2.05, 4.69) is 15.6 Å². The highest BCUT2D eigenvalue weighted by atomic mass is 19.4. The normalized spacial score (nSPS) is 11.6. The highest BCUT2D eigenvalue weighted by molar-refractivity contribution is 5.88. The van der Waals surface area contributed by atoms with Gasteiger partial charge in [-0.2, -0.15) is 22.0 Å². The van der Waals surface area contributed by atoms with Crippen molar-refractivity contribution < 1.29 is 26.7 Å². The molecule has 1 aromatic heterocycles. The van der Waals surface area contributed by atoms with Gasteiger partial charge in [-0.15, -0.1) is 0 Å². The van der Waals surface area contributed by atoms with Crippen molar-refractivity contribution in [2.75, 3.05) is 11.9 Å². The Hall–Kier alpha value is -4.09. The molecule has 0 spiro atoms. The fourth-order valence-electron chi connectivity index (χ4n) is 2.98. The number of aryl methyl sites for hydroxylation is 1. The van der Waals surface area contributed by atoms with Crippen LogP contribution in [0.4, 0.5) is 27.6 Å². The van der Waals surface area contributed by atoms with E-state index in [9.17, 15) is 31.5 Å². The fourth-order valence-corrected chi connectivity index (χ4v) is 2.98. The first-order valence-corrected chi connectivity index (χ1v) is 11.9. The third kappa shape index (κ3) is 10.7. The molecule has 1 heterocycles. The Bertz CT molecular complexity index is 1270. The Morgan fingerprint density at radius 1 is 1.08 bits per heavy atom. The number of carbonyl (C=O) groups is 1. The van der Waals surface area contributed by atoms with E-state index in [1.807, 2.05) is 13.8 Å². The summed E-state index contributed by atoms with van der Waals surface area (Å²) in [6.07, 6.45) is 0.0565. The fraction of sp³-hybridized carbons (Fsp3) is 0.333. The lowest BCUT2D eigenvalue weighted by Gasteiger charge is -2.19. The zero-order valence-corrected chi connectivity index (χ0v) is 22.2. The van der Waals surface area contributed by atoms with Crippen LogP contribution >= 0.6 is 0 Å². The van der Waals surface area contributed by atoms with Gasteiger partial charge >= 0.3 is 17.8 Å². The van der Waals surface area contributed by atoms with Crippen molar-refractivity contribution in [3.63, 3.8) is 0 Å². The number of anilines is 1. The number of hydrogen-bond acceptors (Lipinski definition) is 5. The Morgan fingerprint density at radius 3 is 2.18 bits per heavy atom. The first-order chi connectivity index (χ1) is 18.2. The average molecular weight is 554 g/mol. The first-order valence-electron chi connectivity index (χ1n) is 11.9. The molecule has 212 valence electrons. The molecular weight excluding hydrogens is 521 g/mol. The maximum Gasteiger partial charge on any atom is 0.416 e. The minimum atomic E-state index is -4.21. The van der Waals surface area contributed by atoms with Crippen molar-refractivity contribution in [1.29, 1.82) is 5.41 Å². The number of amides is 1. The van der Waals surface area contributed by atoms with Gasteiger partial charge < -0.3 is 20.6 Å². The Labute approximate surface area is 223 Å². The molecule has 0 radical (unpaired) electrons. The molecule has 0 fully saturated rings. The van der Waals surface area contributed by atoms with Crippen LogP contribution in [-0.2, 0) is 18.0 Å². The molecule has 0 bridgehead atoms. The molecule has 1 amide bonds. The summed E-state index contributed by atoms with van der Waals surface area (Å²) in [7, 11) is 1.60. The summed E-state index contributed by atoms with van der Waals surface area (Å²) in [5.41, 5.74) is 1.72. The first kappa shape index (κ1) is 32.9. The number of halogens is 5. The lowest BCUT2D eigenvalue weighted by Crippen LogP contribution is -2.45. The maximum atomic E-state index is 12.9. The van der Waals surface area contributed by atoms with Crippen LogP contribution in [0, 0.1) is 5.41 Å². The molecule has 0 saturated heterocycles. The van der Waals surface area contributed by atoms with E-state index in [0.29, 0.717) is 18.2 Å². The smallest absolute Gasteiger partial charge is 0.382 e. The largest absolute Gasteiger partial charge is 0.416 e. The molecule has 12 heteroatoms. The Balaban J connectivity index is 0.000000528. The van der Waals surface area contributed by atoms with Crippen molar-refractivity contribution in [3.05, 3.63) is 82.5 Å². The van der Waals surface area contributed by atoms with Crippen molar-refractivity contribution >= 4 is 17.8 Å². The number of aromatic nitrogens is 2. The molecule has 3 aromatic rings. The quantitative estimate of drug-likeness (QED) is 0.256. The molecule has 0 saturated carbocycles.